The summed E-state index contributed by atoms with van der Waals surface area (Å²) < 4.78 is 0. The van der Waals surface area contributed by atoms with Crippen LogP contribution in [0.4, 0.5) is 0 Å². The smallest absolute Gasteiger partial charge is 0.266 e. The zero-order chi connectivity index (χ0) is 9.84. The lowest BCUT2D eigenvalue weighted by molar-refractivity contribution is 0.967. The van der Waals surface area contributed by atoms with Crippen LogP contribution in [0.1, 0.15) is 25.2 Å². The number of nitrogens with zero attached hydrogens (tertiary/aromatic N) is 2. The van der Waals surface area contributed by atoms with Crippen LogP contribution >= 0.6 is 0 Å². The van der Waals surface area contributed by atoms with Gasteiger partial charge in [-0.3, -0.25) is 14.8 Å². The lowest BCUT2D eigenvalue weighted by atomic mass is 10.2. The minimum absolute atomic E-state index is 0.185. The molecule has 0 aromatic carbocycles. The molecular formula is C9H13N3O. The molecule has 0 saturated carbocycles. The number of aryl methyl sites for hydroxylation is 1. The number of hydrogen-bond acceptors (Lipinski definition) is 3. The lowest BCUT2D eigenvalue weighted by Crippen LogP contribution is -2.15. The van der Waals surface area contributed by atoms with Crippen LogP contribution in [0.15, 0.2) is 16.0 Å². The molecule has 13 heavy (non-hydrogen) atoms. The van der Waals surface area contributed by atoms with Crippen molar-refractivity contribution in [1.82, 2.24) is 9.97 Å². The van der Waals surface area contributed by atoms with Gasteiger partial charge in [0.05, 0.1) is 23.3 Å². The van der Waals surface area contributed by atoms with Gasteiger partial charge in [0.2, 0.25) is 0 Å². The molecule has 0 spiro atoms. The topological polar surface area (TPSA) is 58.1 Å². The second-order valence-corrected chi connectivity index (χ2v) is 2.73. The Morgan fingerprint density at radius 3 is 2.92 bits per heavy atom. The van der Waals surface area contributed by atoms with Crippen LogP contribution in [0, 0.1) is 0 Å². The van der Waals surface area contributed by atoms with E-state index in [1.807, 2.05) is 13.8 Å². The first-order valence-electron chi connectivity index (χ1n) is 4.21. The maximum Gasteiger partial charge on any atom is 0.266 e. The highest BCUT2D eigenvalue weighted by molar-refractivity contribution is 5.97. The Labute approximate surface area is 76.8 Å². The summed E-state index contributed by atoms with van der Waals surface area (Å²) in [6.45, 7) is 3.85. The van der Waals surface area contributed by atoms with E-state index in [1.165, 1.54) is 6.20 Å². The first kappa shape index (κ1) is 9.64. The molecule has 1 aromatic heterocycles. The summed E-state index contributed by atoms with van der Waals surface area (Å²) in [5, 5.41) is 0. The Kier molecular flexibility index (Phi) is 2.95. The van der Waals surface area contributed by atoms with E-state index < -0.39 is 0 Å². The van der Waals surface area contributed by atoms with E-state index in [0.717, 1.165) is 23.5 Å². The van der Waals surface area contributed by atoms with Gasteiger partial charge in [0.15, 0.2) is 0 Å². The van der Waals surface area contributed by atoms with E-state index in [9.17, 15) is 4.79 Å². The Balaban J connectivity index is 3.32. The largest absolute Gasteiger partial charge is 0.318 e. The number of aromatic nitrogens is 2. The maximum atomic E-state index is 11.0. The summed E-state index contributed by atoms with van der Waals surface area (Å²) in [6, 6.07) is 0. The molecule has 4 nitrogen and oxygen atoms in total. The van der Waals surface area contributed by atoms with E-state index in [1.54, 1.807) is 7.05 Å². The summed E-state index contributed by atoms with van der Waals surface area (Å²) in [5.74, 6) is 0. The second-order valence-electron chi connectivity index (χ2n) is 2.73. The van der Waals surface area contributed by atoms with Gasteiger partial charge < -0.3 is 4.98 Å². The number of nitrogens with one attached hydrogen (secondary N) is 1. The normalized spacial score (nSPS) is 11.8. The van der Waals surface area contributed by atoms with E-state index in [2.05, 4.69) is 15.0 Å². The van der Waals surface area contributed by atoms with Crippen molar-refractivity contribution in [3.05, 3.63) is 27.9 Å². The van der Waals surface area contributed by atoms with Crippen molar-refractivity contribution in [2.45, 2.75) is 20.3 Å². The third-order valence-electron chi connectivity index (χ3n) is 1.91. The lowest BCUT2D eigenvalue weighted by Gasteiger charge is -2.04. The fourth-order valence-electron chi connectivity index (χ4n) is 1.11. The van der Waals surface area contributed by atoms with Crippen LogP contribution in [0.5, 0.6) is 0 Å². The number of aromatic amines is 1. The van der Waals surface area contributed by atoms with Crippen molar-refractivity contribution >= 4 is 5.71 Å². The van der Waals surface area contributed by atoms with Gasteiger partial charge in [0.25, 0.3) is 5.56 Å². The summed E-state index contributed by atoms with van der Waals surface area (Å²) in [7, 11) is 1.69. The van der Waals surface area contributed by atoms with Crippen molar-refractivity contribution in [1.29, 1.82) is 0 Å². The van der Waals surface area contributed by atoms with Crippen LogP contribution in [0.2, 0.25) is 0 Å². The molecule has 0 aliphatic carbocycles. The fourth-order valence-corrected chi connectivity index (χ4v) is 1.11. The molecule has 4 heteroatoms. The quantitative estimate of drug-likeness (QED) is 0.682. The number of aliphatic imine (C=N–C) groups is 1. The Morgan fingerprint density at radius 2 is 2.38 bits per heavy atom. The van der Waals surface area contributed by atoms with Gasteiger partial charge >= 0.3 is 0 Å². The number of rotatable bonds is 2. The molecule has 0 atom stereocenters. The monoisotopic (exact) mass is 179 g/mol. The molecule has 0 bridgehead atoms. The molecule has 0 radical (unpaired) electrons. The van der Waals surface area contributed by atoms with Crippen molar-refractivity contribution in [3.63, 3.8) is 0 Å². The van der Waals surface area contributed by atoms with Crippen LogP contribution in [0.25, 0.3) is 0 Å². The zero-order valence-electron chi connectivity index (χ0n) is 8.09. The van der Waals surface area contributed by atoms with Crippen LogP contribution < -0.4 is 5.56 Å². The Bertz CT molecular complexity index is 379. The van der Waals surface area contributed by atoms with Gasteiger partial charge in [-0.1, -0.05) is 6.92 Å². The van der Waals surface area contributed by atoms with Gasteiger partial charge in [-0.05, 0) is 13.3 Å². The molecule has 0 unspecified atom stereocenters. The van der Waals surface area contributed by atoms with Gasteiger partial charge in [-0.15, -0.1) is 0 Å². The van der Waals surface area contributed by atoms with Crippen molar-refractivity contribution in [3.8, 4) is 0 Å². The van der Waals surface area contributed by atoms with Gasteiger partial charge in [0, 0.05) is 7.05 Å². The molecule has 1 heterocycles. The summed E-state index contributed by atoms with van der Waals surface area (Å²) in [4.78, 5) is 21.8. The molecular weight excluding hydrogens is 166 g/mol. The third kappa shape index (κ3) is 2.02. The average molecular weight is 179 g/mol. The molecule has 0 fully saturated rings. The first-order chi connectivity index (χ1) is 6.19. The van der Waals surface area contributed by atoms with Gasteiger partial charge in [-0.2, -0.15) is 0 Å². The van der Waals surface area contributed by atoms with Crippen LogP contribution in [-0.2, 0) is 6.42 Å². The minimum Gasteiger partial charge on any atom is -0.318 e. The molecule has 0 aliphatic rings. The predicted octanol–water partition coefficient (Wildman–Crippen LogP) is 0.771. The highest BCUT2D eigenvalue weighted by Gasteiger charge is 2.05. The fraction of sp³-hybridized carbons (Fsp3) is 0.444. The van der Waals surface area contributed by atoms with Crippen molar-refractivity contribution in [2.75, 3.05) is 7.05 Å². The standard InChI is InChI=1S/C9H13N3O/c1-4-7-9(6(2)10-3)12-8(13)5-11-7/h5H,4H2,1-3H3,(H,12,13). The molecule has 0 aliphatic heterocycles. The van der Waals surface area contributed by atoms with Crippen molar-refractivity contribution in [2.24, 2.45) is 4.99 Å². The average Bonchev–Trinajstić information content (AvgIpc) is 2.16. The summed E-state index contributed by atoms with van der Waals surface area (Å²) in [5.41, 5.74) is 2.25. The zero-order valence-corrected chi connectivity index (χ0v) is 8.09. The molecule has 1 N–H and O–H groups in total. The molecule has 1 rings (SSSR count). The van der Waals surface area contributed by atoms with E-state index in [4.69, 9.17) is 0 Å². The molecule has 70 valence electrons. The summed E-state index contributed by atoms with van der Waals surface area (Å²) >= 11 is 0. The molecule has 1 aromatic rings. The van der Waals surface area contributed by atoms with E-state index >= 15 is 0 Å². The van der Waals surface area contributed by atoms with Gasteiger partial charge in [0.1, 0.15) is 0 Å². The van der Waals surface area contributed by atoms with E-state index in [0.29, 0.717) is 0 Å². The highest BCUT2D eigenvalue weighted by atomic mass is 16.1. The predicted molar refractivity (Wildman–Crippen MR) is 52.4 cm³/mol. The maximum absolute atomic E-state index is 11.0. The summed E-state index contributed by atoms with van der Waals surface area (Å²) in [6.07, 6.45) is 2.09. The van der Waals surface area contributed by atoms with Crippen molar-refractivity contribution < 1.29 is 0 Å². The van der Waals surface area contributed by atoms with Crippen LogP contribution in [0.3, 0.4) is 0 Å². The number of hydrogen-bond donors (Lipinski definition) is 1. The van der Waals surface area contributed by atoms with E-state index in [-0.39, 0.29) is 5.56 Å². The van der Waals surface area contributed by atoms with Gasteiger partial charge in [-0.25, -0.2) is 0 Å². The van der Waals surface area contributed by atoms with Crippen LogP contribution in [-0.4, -0.2) is 22.7 Å². The minimum atomic E-state index is -0.185. The Morgan fingerprint density at radius 1 is 1.69 bits per heavy atom. The Hall–Kier alpha value is -1.45. The second kappa shape index (κ2) is 3.98. The molecule has 0 saturated heterocycles. The molecule has 0 amide bonds. The highest BCUT2D eigenvalue weighted by Crippen LogP contribution is 2.01. The number of H-pyrrole nitrogens is 1. The third-order valence-corrected chi connectivity index (χ3v) is 1.91. The first-order valence-corrected chi connectivity index (χ1v) is 4.21. The SMILES string of the molecule is CCc1ncc(=O)[nH]c1C(C)=NC.